The number of benzene rings is 1. The minimum atomic E-state index is -0.775. The molecule has 0 saturated carbocycles. The lowest BCUT2D eigenvalue weighted by molar-refractivity contribution is -0.430. The van der Waals surface area contributed by atoms with Crippen LogP contribution in [-0.2, 0) is 9.53 Å². The van der Waals surface area contributed by atoms with Crippen molar-refractivity contribution in [1.29, 1.82) is 0 Å². The molecule has 1 amide bonds. The molecular formula is C14H17N3O5. The van der Waals surface area contributed by atoms with E-state index in [1.54, 1.807) is 25.1 Å². The highest BCUT2D eigenvalue weighted by molar-refractivity contribution is 5.95. The van der Waals surface area contributed by atoms with Crippen LogP contribution >= 0.6 is 0 Å². The zero-order valence-corrected chi connectivity index (χ0v) is 12.2. The van der Waals surface area contributed by atoms with Crippen molar-refractivity contribution in [2.24, 2.45) is 0 Å². The molecule has 1 atom stereocenters. The third-order valence-corrected chi connectivity index (χ3v) is 2.58. The summed E-state index contributed by atoms with van der Waals surface area (Å²) in [5, 5.41) is 15.6. The van der Waals surface area contributed by atoms with Gasteiger partial charge in [-0.25, -0.2) is 14.9 Å². The van der Waals surface area contributed by atoms with E-state index in [0.717, 1.165) is 6.20 Å². The third-order valence-electron chi connectivity index (χ3n) is 2.58. The van der Waals surface area contributed by atoms with Crippen LogP contribution in [0.25, 0.3) is 0 Å². The predicted octanol–water partition coefficient (Wildman–Crippen LogP) is 1.03. The number of nitrogens with zero attached hydrogens (tertiary/aromatic N) is 1. The summed E-state index contributed by atoms with van der Waals surface area (Å²) in [5.74, 6) is -1.73. The normalized spacial score (nSPS) is 12.2. The van der Waals surface area contributed by atoms with Crippen molar-refractivity contribution in [2.45, 2.75) is 19.9 Å². The van der Waals surface area contributed by atoms with Crippen LogP contribution in [0.1, 0.15) is 24.2 Å². The standard InChI is InChI=1S/C14H17N3O5/c1-3-22-14(19)10(2)15-9-12(17(20)21)16-13(18)11-7-5-4-6-8-11/h4-10,15H,3H2,1-2H3,(H,16,18)/b12-9-/t10-/m0/s1. The molecule has 118 valence electrons. The van der Waals surface area contributed by atoms with Crippen LogP contribution in [0.2, 0.25) is 0 Å². The van der Waals surface area contributed by atoms with E-state index in [0.29, 0.717) is 0 Å². The number of rotatable bonds is 7. The summed E-state index contributed by atoms with van der Waals surface area (Å²) in [7, 11) is 0. The first-order valence-electron chi connectivity index (χ1n) is 6.59. The van der Waals surface area contributed by atoms with Gasteiger partial charge in [0.1, 0.15) is 6.04 Å². The molecule has 0 aliphatic rings. The quantitative estimate of drug-likeness (QED) is 0.442. The average molecular weight is 307 g/mol. The fraction of sp³-hybridized carbons (Fsp3) is 0.286. The summed E-state index contributed by atoms with van der Waals surface area (Å²) in [6, 6.07) is 7.30. The second kappa shape index (κ2) is 8.40. The van der Waals surface area contributed by atoms with Gasteiger partial charge in [0.2, 0.25) is 0 Å². The van der Waals surface area contributed by atoms with E-state index >= 15 is 0 Å². The molecule has 22 heavy (non-hydrogen) atoms. The van der Waals surface area contributed by atoms with E-state index in [4.69, 9.17) is 4.74 Å². The zero-order valence-electron chi connectivity index (χ0n) is 12.2. The topological polar surface area (TPSA) is 111 Å². The molecule has 0 spiro atoms. The molecule has 0 saturated heterocycles. The first-order valence-corrected chi connectivity index (χ1v) is 6.59. The molecule has 0 aromatic heterocycles. The van der Waals surface area contributed by atoms with Gasteiger partial charge in [-0.15, -0.1) is 0 Å². The number of nitro groups is 1. The Bertz CT molecular complexity index is 571. The molecular weight excluding hydrogens is 290 g/mol. The van der Waals surface area contributed by atoms with Crippen LogP contribution in [-0.4, -0.2) is 29.4 Å². The number of ether oxygens (including phenoxy) is 1. The highest BCUT2D eigenvalue weighted by atomic mass is 16.6. The zero-order chi connectivity index (χ0) is 16.5. The first kappa shape index (κ1) is 17.2. The van der Waals surface area contributed by atoms with Crippen molar-refractivity contribution in [3.63, 3.8) is 0 Å². The maximum absolute atomic E-state index is 11.9. The van der Waals surface area contributed by atoms with Gasteiger partial charge in [-0.3, -0.25) is 0 Å². The molecule has 1 aromatic rings. The number of hydrogen-bond donors (Lipinski definition) is 2. The van der Waals surface area contributed by atoms with Gasteiger partial charge in [-0.2, -0.15) is 0 Å². The number of amides is 1. The Balaban J connectivity index is 2.73. The van der Waals surface area contributed by atoms with Crippen molar-refractivity contribution in [1.82, 2.24) is 10.6 Å². The predicted molar refractivity (Wildman–Crippen MR) is 78.2 cm³/mol. The monoisotopic (exact) mass is 307 g/mol. The second-order valence-corrected chi connectivity index (χ2v) is 4.25. The van der Waals surface area contributed by atoms with Crippen LogP contribution in [0.3, 0.4) is 0 Å². The van der Waals surface area contributed by atoms with Crippen LogP contribution in [0, 0.1) is 10.1 Å². The lowest BCUT2D eigenvalue weighted by Crippen LogP contribution is -2.35. The van der Waals surface area contributed by atoms with Gasteiger partial charge >= 0.3 is 17.7 Å². The SMILES string of the molecule is CCOC(=O)[C@H](C)N/C=C(/NC(=O)c1ccccc1)[N+](=O)[O-]. The molecule has 8 nitrogen and oxygen atoms in total. The highest BCUT2D eigenvalue weighted by Gasteiger charge is 2.18. The van der Waals surface area contributed by atoms with E-state index in [-0.39, 0.29) is 12.2 Å². The molecule has 2 N–H and O–H groups in total. The van der Waals surface area contributed by atoms with Crippen LogP contribution in [0.4, 0.5) is 0 Å². The third kappa shape index (κ3) is 5.23. The minimum absolute atomic E-state index is 0.210. The molecule has 0 fully saturated rings. The molecule has 8 heteroatoms. The molecule has 1 rings (SSSR count). The van der Waals surface area contributed by atoms with Gasteiger partial charge in [-0.1, -0.05) is 18.2 Å². The summed E-state index contributed by atoms with van der Waals surface area (Å²) < 4.78 is 4.76. The fourth-order valence-electron chi connectivity index (χ4n) is 1.45. The molecule has 0 unspecified atom stereocenters. The smallest absolute Gasteiger partial charge is 0.339 e. The van der Waals surface area contributed by atoms with Crippen molar-refractivity contribution < 1.29 is 19.2 Å². The number of esters is 1. The molecule has 0 bridgehead atoms. The average Bonchev–Trinajstić information content (AvgIpc) is 2.51. The Morgan fingerprint density at radius 1 is 1.36 bits per heavy atom. The maximum Gasteiger partial charge on any atom is 0.339 e. The van der Waals surface area contributed by atoms with E-state index < -0.39 is 28.7 Å². The van der Waals surface area contributed by atoms with E-state index in [9.17, 15) is 19.7 Å². The fourth-order valence-corrected chi connectivity index (χ4v) is 1.45. The maximum atomic E-state index is 11.9. The van der Waals surface area contributed by atoms with Gasteiger partial charge in [0.05, 0.1) is 18.4 Å². The molecule has 0 radical (unpaired) electrons. The summed E-state index contributed by atoms with van der Waals surface area (Å²) in [5.41, 5.74) is 0.286. The number of hydrogen-bond acceptors (Lipinski definition) is 6. The molecule has 0 heterocycles. The van der Waals surface area contributed by atoms with Gasteiger partial charge in [0.15, 0.2) is 0 Å². The first-order chi connectivity index (χ1) is 10.5. The summed E-state index contributed by atoms with van der Waals surface area (Å²) in [4.78, 5) is 33.4. The van der Waals surface area contributed by atoms with Gasteiger partial charge in [0.25, 0.3) is 0 Å². The lowest BCUT2D eigenvalue weighted by atomic mass is 10.2. The largest absolute Gasteiger partial charge is 0.464 e. The van der Waals surface area contributed by atoms with E-state index in [2.05, 4.69) is 10.6 Å². The Hall–Kier alpha value is -2.90. The van der Waals surface area contributed by atoms with Crippen LogP contribution in [0.5, 0.6) is 0 Å². The van der Waals surface area contributed by atoms with Gasteiger partial charge < -0.3 is 20.2 Å². The van der Waals surface area contributed by atoms with Crippen molar-refractivity contribution in [3.05, 3.63) is 58.0 Å². The Labute approximate surface area is 127 Å². The molecule has 1 aromatic carbocycles. The Morgan fingerprint density at radius 3 is 2.55 bits per heavy atom. The van der Waals surface area contributed by atoms with E-state index in [1.807, 2.05) is 0 Å². The number of carbonyl (C=O) groups is 2. The second-order valence-electron chi connectivity index (χ2n) is 4.25. The minimum Gasteiger partial charge on any atom is -0.464 e. The summed E-state index contributed by atoms with van der Waals surface area (Å²) >= 11 is 0. The number of nitrogens with one attached hydrogen (secondary N) is 2. The summed E-state index contributed by atoms with van der Waals surface area (Å²) in [6.07, 6.45) is 0.961. The van der Waals surface area contributed by atoms with Crippen molar-refractivity contribution in [2.75, 3.05) is 6.61 Å². The van der Waals surface area contributed by atoms with Crippen LogP contribution in [0.15, 0.2) is 42.4 Å². The molecule has 0 aliphatic heterocycles. The highest BCUT2D eigenvalue weighted by Crippen LogP contribution is 2.00. The number of carbonyl (C=O) groups excluding carboxylic acids is 2. The van der Waals surface area contributed by atoms with E-state index in [1.165, 1.54) is 19.1 Å². The lowest BCUT2D eigenvalue weighted by Gasteiger charge is -2.10. The van der Waals surface area contributed by atoms with Crippen LogP contribution < -0.4 is 10.6 Å². The Kier molecular flexibility index (Phi) is 6.55. The van der Waals surface area contributed by atoms with Gasteiger partial charge in [-0.05, 0) is 30.9 Å². The Morgan fingerprint density at radius 2 is 2.00 bits per heavy atom. The van der Waals surface area contributed by atoms with Crippen molar-refractivity contribution >= 4 is 11.9 Å². The molecule has 0 aliphatic carbocycles. The van der Waals surface area contributed by atoms with Crippen molar-refractivity contribution in [3.8, 4) is 0 Å². The summed E-state index contributed by atoms with van der Waals surface area (Å²) in [6.45, 7) is 3.36. The van der Waals surface area contributed by atoms with Gasteiger partial charge in [0, 0.05) is 0 Å².